The van der Waals surface area contributed by atoms with Crippen LogP contribution in [0.15, 0.2) is 29.6 Å². The molecule has 0 aliphatic rings. The summed E-state index contributed by atoms with van der Waals surface area (Å²) in [6, 6.07) is 4.64. The standard InChI is InChI=1S/C14H11ClF3N3OS/c1-7-5-8(15)3-4-10(7)20-12(22)9-6-19-13(23-2)21-11(9)14(16,17)18/h3-6H,1-2H3,(H,20,22). The van der Waals surface area contributed by atoms with Gasteiger partial charge in [0.25, 0.3) is 5.91 Å². The molecule has 1 aromatic carbocycles. The van der Waals surface area contributed by atoms with Crippen LogP contribution in [-0.4, -0.2) is 22.1 Å². The van der Waals surface area contributed by atoms with Crippen LogP contribution in [0, 0.1) is 6.92 Å². The molecule has 2 aromatic rings. The van der Waals surface area contributed by atoms with Gasteiger partial charge in [0.05, 0.1) is 5.56 Å². The topological polar surface area (TPSA) is 54.9 Å². The molecule has 0 spiro atoms. The number of halogens is 4. The van der Waals surface area contributed by atoms with Gasteiger partial charge in [0.2, 0.25) is 0 Å². The zero-order valence-electron chi connectivity index (χ0n) is 12.0. The largest absolute Gasteiger partial charge is 0.434 e. The Bertz CT molecular complexity index is 753. The molecule has 1 N–H and O–H groups in total. The Labute approximate surface area is 139 Å². The number of nitrogens with one attached hydrogen (secondary N) is 1. The molecular formula is C14H11ClF3N3OS. The molecule has 0 aliphatic carbocycles. The third-order valence-electron chi connectivity index (χ3n) is 2.90. The monoisotopic (exact) mass is 361 g/mol. The van der Waals surface area contributed by atoms with Crippen molar-refractivity contribution in [3.63, 3.8) is 0 Å². The van der Waals surface area contributed by atoms with Crippen molar-refractivity contribution in [3.8, 4) is 0 Å². The number of hydrogen-bond acceptors (Lipinski definition) is 4. The van der Waals surface area contributed by atoms with E-state index in [0.717, 1.165) is 18.0 Å². The minimum atomic E-state index is -4.75. The SMILES string of the molecule is CSc1ncc(C(=O)Nc2ccc(Cl)cc2C)c(C(F)(F)F)n1. The highest BCUT2D eigenvalue weighted by Crippen LogP contribution is 2.31. The highest BCUT2D eigenvalue weighted by molar-refractivity contribution is 7.98. The second kappa shape index (κ2) is 6.76. The van der Waals surface area contributed by atoms with Crippen LogP contribution in [-0.2, 0) is 6.18 Å². The number of aromatic nitrogens is 2. The summed E-state index contributed by atoms with van der Waals surface area (Å²) in [5.74, 6) is -0.935. The Balaban J connectivity index is 2.39. The van der Waals surface area contributed by atoms with Gasteiger partial charge in [-0.15, -0.1) is 0 Å². The van der Waals surface area contributed by atoms with Crippen molar-refractivity contribution >= 4 is 35.0 Å². The summed E-state index contributed by atoms with van der Waals surface area (Å²) in [6.07, 6.45) is -2.33. The first-order valence-corrected chi connectivity index (χ1v) is 7.88. The minimum Gasteiger partial charge on any atom is -0.322 e. The smallest absolute Gasteiger partial charge is 0.322 e. The molecule has 0 fully saturated rings. The Hall–Kier alpha value is -1.80. The summed E-state index contributed by atoms with van der Waals surface area (Å²) in [6.45, 7) is 1.68. The van der Waals surface area contributed by atoms with E-state index in [-0.39, 0.29) is 5.16 Å². The summed E-state index contributed by atoms with van der Waals surface area (Å²) >= 11 is 6.76. The van der Waals surface area contributed by atoms with E-state index in [1.54, 1.807) is 19.2 Å². The Morgan fingerprint density at radius 2 is 2.04 bits per heavy atom. The van der Waals surface area contributed by atoms with E-state index < -0.39 is 23.3 Å². The van der Waals surface area contributed by atoms with Crippen molar-refractivity contribution in [1.82, 2.24) is 9.97 Å². The van der Waals surface area contributed by atoms with Gasteiger partial charge >= 0.3 is 6.18 Å². The van der Waals surface area contributed by atoms with E-state index in [1.807, 2.05) is 0 Å². The molecule has 1 heterocycles. The third-order valence-corrected chi connectivity index (χ3v) is 3.70. The summed E-state index contributed by atoms with van der Waals surface area (Å²) in [7, 11) is 0. The van der Waals surface area contributed by atoms with Crippen LogP contribution in [0.25, 0.3) is 0 Å². The van der Waals surface area contributed by atoms with Gasteiger partial charge in [-0.3, -0.25) is 4.79 Å². The molecule has 9 heteroatoms. The molecule has 2 rings (SSSR count). The number of rotatable bonds is 3. The fraction of sp³-hybridized carbons (Fsp3) is 0.214. The van der Waals surface area contributed by atoms with Crippen LogP contribution in [0.1, 0.15) is 21.6 Å². The van der Waals surface area contributed by atoms with E-state index in [2.05, 4.69) is 15.3 Å². The van der Waals surface area contributed by atoms with Gasteiger partial charge in [0.1, 0.15) is 0 Å². The maximum absolute atomic E-state index is 13.1. The van der Waals surface area contributed by atoms with Crippen LogP contribution < -0.4 is 5.32 Å². The highest BCUT2D eigenvalue weighted by Gasteiger charge is 2.38. The second-order valence-electron chi connectivity index (χ2n) is 4.53. The maximum Gasteiger partial charge on any atom is 0.434 e. The summed E-state index contributed by atoms with van der Waals surface area (Å²) in [5.41, 5.74) is -0.909. The number of carbonyl (C=O) groups excluding carboxylic acids is 1. The van der Waals surface area contributed by atoms with Crippen molar-refractivity contribution in [1.29, 1.82) is 0 Å². The summed E-state index contributed by atoms with van der Waals surface area (Å²) < 4.78 is 39.3. The Kier molecular flexibility index (Phi) is 5.16. The fourth-order valence-corrected chi connectivity index (χ4v) is 2.37. The average molecular weight is 362 g/mol. The normalized spacial score (nSPS) is 11.4. The molecular weight excluding hydrogens is 351 g/mol. The lowest BCUT2D eigenvalue weighted by molar-refractivity contribution is -0.142. The minimum absolute atomic E-state index is 0.0588. The van der Waals surface area contributed by atoms with E-state index >= 15 is 0 Å². The van der Waals surface area contributed by atoms with Crippen molar-refractivity contribution < 1.29 is 18.0 Å². The molecule has 0 radical (unpaired) electrons. The number of nitrogens with zero attached hydrogens (tertiary/aromatic N) is 2. The zero-order chi connectivity index (χ0) is 17.2. The number of aryl methyl sites for hydroxylation is 1. The van der Waals surface area contributed by atoms with Crippen LogP contribution in [0.4, 0.5) is 18.9 Å². The first-order chi connectivity index (χ1) is 10.7. The van der Waals surface area contributed by atoms with Crippen molar-refractivity contribution in [2.75, 3.05) is 11.6 Å². The average Bonchev–Trinajstić information content (AvgIpc) is 2.48. The van der Waals surface area contributed by atoms with Gasteiger partial charge in [0.15, 0.2) is 10.9 Å². The molecule has 0 unspecified atom stereocenters. The van der Waals surface area contributed by atoms with Crippen LogP contribution in [0.3, 0.4) is 0 Å². The van der Waals surface area contributed by atoms with Crippen LogP contribution in [0.2, 0.25) is 5.02 Å². The third kappa shape index (κ3) is 4.14. The molecule has 23 heavy (non-hydrogen) atoms. The molecule has 0 aliphatic heterocycles. The summed E-state index contributed by atoms with van der Waals surface area (Å²) in [4.78, 5) is 19.3. The van der Waals surface area contributed by atoms with Gasteiger partial charge in [-0.1, -0.05) is 23.4 Å². The number of amides is 1. The number of hydrogen-bond donors (Lipinski definition) is 1. The number of anilines is 1. The zero-order valence-corrected chi connectivity index (χ0v) is 13.6. The molecule has 0 saturated carbocycles. The van der Waals surface area contributed by atoms with Crippen molar-refractivity contribution in [2.45, 2.75) is 18.3 Å². The van der Waals surface area contributed by atoms with Gasteiger partial charge in [0, 0.05) is 16.9 Å². The van der Waals surface area contributed by atoms with Gasteiger partial charge < -0.3 is 5.32 Å². The lowest BCUT2D eigenvalue weighted by atomic mass is 10.1. The Morgan fingerprint density at radius 3 is 2.61 bits per heavy atom. The van der Waals surface area contributed by atoms with E-state index in [1.165, 1.54) is 12.1 Å². The molecule has 0 saturated heterocycles. The first kappa shape index (κ1) is 17.6. The second-order valence-corrected chi connectivity index (χ2v) is 5.74. The van der Waals surface area contributed by atoms with Crippen molar-refractivity contribution in [2.24, 2.45) is 0 Å². The molecule has 4 nitrogen and oxygen atoms in total. The van der Waals surface area contributed by atoms with Gasteiger partial charge in [-0.05, 0) is 36.9 Å². The molecule has 1 aromatic heterocycles. The number of benzene rings is 1. The lowest BCUT2D eigenvalue weighted by Gasteiger charge is -2.13. The van der Waals surface area contributed by atoms with Gasteiger partial charge in [-0.2, -0.15) is 13.2 Å². The number of thioether (sulfide) groups is 1. The maximum atomic E-state index is 13.1. The van der Waals surface area contributed by atoms with Crippen molar-refractivity contribution in [3.05, 3.63) is 46.2 Å². The molecule has 1 amide bonds. The predicted molar refractivity (Wildman–Crippen MR) is 83.0 cm³/mol. The van der Waals surface area contributed by atoms with E-state index in [0.29, 0.717) is 16.3 Å². The van der Waals surface area contributed by atoms with Crippen LogP contribution in [0.5, 0.6) is 0 Å². The number of carbonyl (C=O) groups is 1. The van der Waals surface area contributed by atoms with E-state index in [4.69, 9.17) is 11.6 Å². The lowest BCUT2D eigenvalue weighted by Crippen LogP contribution is -2.21. The molecule has 0 bridgehead atoms. The highest BCUT2D eigenvalue weighted by atomic mass is 35.5. The number of alkyl halides is 3. The quantitative estimate of drug-likeness (QED) is 0.649. The first-order valence-electron chi connectivity index (χ1n) is 6.28. The fourth-order valence-electron chi connectivity index (χ4n) is 1.80. The molecule has 0 atom stereocenters. The predicted octanol–water partition coefficient (Wildman–Crippen LogP) is 4.43. The van der Waals surface area contributed by atoms with Crippen LogP contribution >= 0.6 is 23.4 Å². The van der Waals surface area contributed by atoms with Gasteiger partial charge in [-0.25, -0.2) is 9.97 Å². The Morgan fingerprint density at radius 1 is 1.35 bits per heavy atom. The van der Waals surface area contributed by atoms with E-state index in [9.17, 15) is 18.0 Å². The molecule has 122 valence electrons. The summed E-state index contributed by atoms with van der Waals surface area (Å²) in [5, 5.41) is 2.82.